The van der Waals surface area contributed by atoms with Crippen molar-refractivity contribution in [2.75, 3.05) is 27.2 Å². The highest BCUT2D eigenvalue weighted by Crippen LogP contribution is 1.79. The summed E-state index contributed by atoms with van der Waals surface area (Å²) < 4.78 is 0. The number of hydrazine groups is 1. The molecule has 62 valence electrons. The Morgan fingerprint density at radius 3 is 2.50 bits per heavy atom. The Morgan fingerprint density at radius 2 is 2.10 bits per heavy atom. The molecule has 0 rings (SSSR count). The zero-order valence-electron chi connectivity index (χ0n) is 7.02. The van der Waals surface area contributed by atoms with Crippen LogP contribution in [0.4, 0.5) is 0 Å². The van der Waals surface area contributed by atoms with Crippen LogP contribution >= 0.6 is 0 Å². The minimum atomic E-state index is 0.244. The lowest BCUT2D eigenvalue weighted by molar-refractivity contribution is 0.226. The standard InChI is InChI=1S/C6H18N4/c1-6(10(3)7)9-5-4-8-2/h6,8-9H,4-5,7H2,1-3H3. The second kappa shape index (κ2) is 5.61. The molecule has 0 saturated heterocycles. The number of hydrogen-bond acceptors (Lipinski definition) is 4. The second-order valence-corrected chi connectivity index (χ2v) is 2.40. The van der Waals surface area contributed by atoms with E-state index in [0.717, 1.165) is 13.1 Å². The average Bonchev–Trinajstić information content (AvgIpc) is 1.88. The number of likely N-dealkylation sites (N-methyl/N-ethyl adjacent to an activating group) is 1. The van der Waals surface area contributed by atoms with E-state index in [9.17, 15) is 0 Å². The zero-order valence-corrected chi connectivity index (χ0v) is 7.02. The van der Waals surface area contributed by atoms with Gasteiger partial charge in [-0.1, -0.05) is 0 Å². The molecule has 0 aliphatic heterocycles. The highest BCUT2D eigenvalue weighted by atomic mass is 15.4. The zero-order chi connectivity index (χ0) is 7.98. The molecule has 0 aliphatic carbocycles. The van der Waals surface area contributed by atoms with Gasteiger partial charge in [0.15, 0.2) is 0 Å². The highest BCUT2D eigenvalue weighted by molar-refractivity contribution is 4.55. The molecule has 0 aromatic rings. The van der Waals surface area contributed by atoms with Crippen LogP contribution in [0, 0.1) is 0 Å². The third-order valence-corrected chi connectivity index (χ3v) is 1.43. The molecule has 0 saturated carbocycles. The summed E-state index contributed by atoms with van der Waals surface area (Å²) in [6, 6.07) is 0. The largest absolute Gasteiger partial charge is 0.318 e. The molecule has 1 unspecified atom stereocenters. The van der Waals surface area contributed by atoms with Crippen LogP contribution in [-0.2, 0) is 0 Å². The van der Waals surface area contributed by atoms with Gasteiger partial charge in [-0.25, -0.2) is 5.01 Å². The number of nitrogens with one attached hydrogen (secondary N) is 2. The van der Waals surface area contributed by atoms with Crippen LogP contribution in [-0.4, -0.2) is 38.4 Å². The lowest BCUT2D eigenvalue weighted by Gasteiger charge is -2.20. The molecule has 4 nitrogen and oxygen atoms in total. The van der Waals surface area contributed by atoms with E-state index in [1.54, 1.807) is 5.01 Å². The van der Waals surface area contributed by atoms with Crippen molar-refractivity contribution < 1.29 is 0 Å². The average molecular weight is 146 g/mol. The number of rotatable bonds is 5. The van der Waals surface area contributed by atoms with Gasteiger partial charge in [0.05, 0.1) is 6.17 Å². The van der Waals surface area contributed by atoms with Crippen molar-refractivity contribution in [1.29, 1.82) is 0 Å². The maximum absolute atomic E-state index is 5.47. The quantitative estimate of drug-likeness (QED) is 0.200. The normalized spacial score (nSPS) is 14.1. The maximum Gasteiger partial charge on any atom is 0.0699 e. The van der Waals surface area contributed by atoms with Gasteiger partial charge in [-0.3, -0.25) is 11.2 Å². The van der Waals surface area contributed by atoms with Gasteiger partial charge in [-0.05, 0) is 14.0 Å². The van der Waals surface area contributed by atoms with E-state index in [0.29, 0.717) is 0 Å². The number of nitrogens with two attached hydrogens (primary N) is 1. The van der Waals surface area contributed by atoms with Gasteiger partial charge in [0.1, 0.15) is 0 Å². The Morgan fingerprint density at radius 1 is 1.50 bits per heavy atom. The van der Waals surface area contributed by atoms with Gasteiger partial charge < -0.3 is 5.32 Å². The highest BCUT2D eigenvalue weighted by Gasteiger charge is 2.00. The van der Waals surface area contributed by atoms with Crippen LogP contribution in [0.15, 0.2) is 0 Å². The fourth-order valence-corrected chi connectivity index (χ4v) is 0.550. The van der Waals surface area contributed by atoms with Gasteiger partial charge in [0, 0.05) is 20.1 Å². The summed E-state index contributed by atoms with van der Waals surface area (Å²) in [5.74, 6) is 5.47. The van der Waals surface area contributed by atoms with Gasteiger partial charge in [-0.2, -0.15) is 0 Å². The van der Waals surface area contributed by atoms with E-state index in [4.69, 9.17) is 5.84 Å². The first-order valence-electron chi connectivity index (χ1n) is 3.54. The molecule has 0 aromatic heterocycles. The molecule has 0 aromatic carbocycles. The van der Waals surface area contributed by atoms with Crippen LogP contribution in [0.5, 0.6) is 0 Å². The van der Waals surface area contributed by atoms with Gasteiger partial charge in [0.25, 0.3) is 0 Å². The van der Waals surface area contributed by atoms with Crippen molar-refractivity contribution in [3.63, 3.8) is 0 Å². The minimum absolute atomic E-state index is 0.244. The summed E-state index contributed by atoms with van der Waals surface area (Å²) in [5, 5.41) is 7.91. The topological polar surface area (TPSA) is 53.3 Å². The molecule has 0 bridgehead atoms. The summed E-state index contributed by atoms with van der Waals surface area (Å²) in [7, 11) is 3.77. The van der Waals surface area contributed by atoms with Crippen LogP contribution in [0.1, 0.15) is 6.92 Å². The van der Waals surface area contributed by atoms with Crippen molar-refractivity contribution in [2.24, 2.45) is 5.84 Å². The molecule has 0 aliphatic rings. The summed E-state index contributed by atoms with van der Waals surface area (Å²) >= 11 is 0. The SMILES string of the molecule is CNCCNC(C)N(C)N. The first-order valence-corrected chi connectivity index (χ1v) is 3.54. The Hall–Kier alpha value is -0.160. The third kappa shape index (κ3) is 4.69. The molecule has 0 fully saturated rings. The van der Waals surface area contributed by atoms with E-state index in [1.165, 1.54) is 0 Å². The van der Waals surface area contributed by atoms with Gasteiger partial charge >= 0.3 is 0 Å². The van der Waals surface area contributed by atoms with E-state index < -0.39 is 0 Å². The summed E-state index contributed by atoms with van der Waals surface area (Å²) in [5.41, 5.74) is 0. The summed E-state index contributed by atoms with van der Waals surface area (Å²) in [6.07, 6.45) is 0.244. The smallest absolute Gasteiger partial charge is 0.0699 e. The molecule has 0 heterocycles. The summed E-state index contributed by atoms with van der Waals surface area (Å²) in [4.78, 5) is 0. The lowest BCUT2D eigenvalue weighted by atomic mass is 10.5. The Kier molecular flexibility index (Phi) is 5.52. The van der Waals surface area contributed by atoms with Crippen molar-refractivity contribution in [2.45, 2.75) is 13.1 Å². The fraction of sp³-hybridized carbons (Fsp3) is 1.00. The first-order chi connectivity index (χ1) is 4.68. The number of hydrogen-bond donors (Lipinski definition) is 3. The van der Waals surface area contributed by atoms with E-state index >= 15 is 0 Å². The number of nitrogens with zero attached hydrogens (tertiary/aromatic N) is 1. The van der Waals surface area contributed by atoms with Crippen molar-refractivity contribution >= 4 is 0 Å². The Bertz CT molecular complexity index is 74.1. The molecule has 4 N–H and O–H groups in total. The van der Waals surface area contributed by atoms with E-state index in [-0.39, 0.29) is 6.17 Å². The van der Waals surface area contributed by atoms with Crippen LogP contribution in [0.25, 0.3) is 0 Å². The Labute approximate surface area is 62.7 Å². The second-order valence-electron chi connectivity index (χ2n) is 2.40. The molecule has 0 radical (unpaired) electrons. The molecule has 0 spiro atoms. The third-order valence-electron chi connectivity index (χ3n) is 1.43. The Balaban J connectivity index is 3.13. The van der Waals surface area contributed by atoms with E-state index in [1.807, 2.05) is 21.0 Å². The molecule has 1 atom stereocenters. The predicted octanol–water partition coefficient (Wildman–Crippen LogP) is -1.05. The van der Waals surface area contributed by atoms with Crippen molar-refractivity contribution in [3.8, 4) is 0 Å². The van der Waals surface area contributed by atoms with Crippen LogP contribution in [0.2, 0.25) is 0 Å². The van der Waals surface area contributed by atoms with Crippen molar-refractivity contribution in [3.05, 3.63) is 0 Å². The predicted molar refractivity (Wildman–Crippen MR) is 43.3 cm³/mol. The van der Waals surface area contributed by atoms with Gasteiger partial charge in [-0.15, -0.1) is 0 Å². The van der Waals surface area contributed by atoms with Crippen LogP contribution in [0.3, 0.4) is 0 Å². The van der Waals surface area contributed by atoms with Crippen molar-refractivity contribution in [1.82, 2.24) is 15.6 Å². The molecule has 0 amide bonds. The monoisotopic (exact) mass is 146 g/mol. The first kappa shape index (κ1) is 9.84. The lowest BCUT2D eigenvalue weighted by Crippen LogP contribution is -2.46. The molecule has 4 heteroatoms. The van der Waals surface area contributed by atoms with Crippen LogP contribution < -0.4 is 16.5 Å². The minimum Gasteiger partial charge on any atom is -0.318 e. The molecular formula is C6H18N4. The molecule has 10 heavy (non-hydrogen) atoms. The fourth-order valence-electron chi connectivity index (χ4n) is 0.550. The van der Waals surface area contributed by atoms with E-state index in [2.05, 4.69) is 10.6 Å². The summed E-state index contributed by atoms with van der Waals surface area (Å²) in [6.45, 7) is 3.94. The molecular weight excluding hydrogens is 128 g/mol. The maximum atomic E-state index is 5.47. The van der Waals surface area contributed by atoms with Gasteiger partial charge in [0.2, 0.25) is 0 Å².